The van der Waals surface area contributed by atoms with Gasteiger partial charge in [-0.25, -0.2) is 0 Å². The van der Waals surface area contributed by atoms with E-state index in [-0.39, 0.29) is 0 Å². The second-order valence-corrected chi connectivity index (χ2v) is 3.99. The Bertz CT molecular complexity index is 291. The lowest BCUT2D eigenvalue weighted by molar-refractivity contribution is 0.539. The van der Waals surface area contributed by atoms with Crippen LogP contribution in [0.2, 0.25) is 0 Å². The SMILES string of the molecule is CCCC(NC)c1ccc(C)cc1C. The van der Waals surface area contributed by atoms with Crippen LogP contribution in [0.4, 0.5) is 0 Å². The van der Waals surface area contributed by atoms with Crippen molar-refractivity contribution in [3.05, 3.63) is 34.9 Å². The van der Waals surface area contributed by atoms with Crippen LogP contribution in [-0.2, 0) is 0 Å². The lowest BCUT2D eigenvalue weighted by atomic mass is 9.96. The van der Waals surface area contributed by atoms with Crippen molar-refractivity contribution < 1.29 is 0 Å². The highest BCUT2D eigenvalue weighted by Gasteiger charge is 2.09. The number of hydrogen-bond donors (Lipinski definition) is 1. The molecule has 0 aliphatic heterocycles. The minimum atomic E-state index is 0.514. The van der Waals surface area contributed by atoms with Gasteiger partial charge in [0.1, 0.15) is 0 Å². The predicted molar refractivity (Wildman–Crippen MR) is 62.6 cm³/mol. The van der Waals surface area contributed by atoms with Gasteiger partial charge in [-0.3, -0.25) is 0 Å². The topological polar surface area (TPSA) is 12.0 Å². The normalized spacial score (nSPS) is 12.9. The van der Waals surface area contributed by atoms with E-state index >= 15 is 0 Å². The van der Waals surface area contributed by atoms with Crippen LogP contribution in [0.25, 0.3) is 0 Å². The fourth-order valence-corrected chi connectivity index (χ4v) is 1.96. The van der Waals surface area contributed by atoms with E-state index in [1.807, 2.05) is 7.05 Å². The van der Waals surface area contributed by atoms with Gasteiger partial charge in [0.2, 0.25) is 0 Å². The van der Waals surface area contributed by atoms with E-state index < -0.39 is 0 Å². The molecule has 0 aliphatic carbocycles. The minimum absolute atomic E-state index is 0.514. The number of rotatable bonds is 4. The highest BCUT2D eigenvalue weighted by molar-refractivity contribution is 5.32. The molecule has 1 N–H and O–H groups in total. The largest absolute Gasteiger partial charge is 0.313 e. The number of nitrogens with one attached hydrogen (secondary N) is 1. The Hall–Kier alpha value is -0.820. The first-order valence-corrected chi connectivity index (χ1v) is 5.43. The molecule has 0 radical (unpaired) electrons. The number of benzene rings is 1. The van der Waals surface area contributed by atoms with Gasteiger partial charge >= 0.3 is 0 Å². The molecule has 0 bridgehead atoms. The van der Waals surface area contributed by atoms with Crippen molar-refractivity contribution >= 4 is 0 Å². The van der Waals surface area contributed by atoms with E-state index in [1.54, 1.807) is 0 Å². The zero-order chi connectivity index (χ0) is 10.6. The average molecular weight is 191 g/mol. The van der Waals surface area contributed by atoms with E-state index in [1.165, 1.54) is 29.5 Å². The van der Waals surface area contributed by atoms with Crippen LogP contribution in [0.1, 0.15) is 42.5 Å². The molecular formula is C13H21N. The van der Waals surface area contributed by atoms with Crippen molar-refractivity contribution in [2.45, 2.75) is 39.7 Å². The van der Waals surface area contributed by atoms with Gasteiger partial charge in [0, 0.05) is 6.04 Å². The molecule has 14 heavy (non-hydrogen) atoms. The highest BCUT2D eigenvalue weighted by Crippen LogP contribution is 2.22. The molecule has 1 atom stereocenters. The van der Waals surface area contributed by atoms with Gasteiger partial charge in [0.15, 0.2) is 0 Å². The summed E-state index contributed by atoms with van der Waals surface area (Å²) < 4.78 is 0. The standard InChI is InChI=1S/C13H21N/c1-5-6-13(14-4)12-8-7-10(2)9-11(12)3/h7-9,13-14H,5-6H2,1-4H3. The fraction of sp³-hybridized carbons (Fsp3) is 0.538. The second-order valence-electron chi connectivity index (χ2n) is 3.99. The average Bonchev–Trinajstić information content (AvgIpc) is 2.15. The molecule has 0 heterocycles. The first-order chi connectivity index (χ1) is 6.69. The fourth-order valence-electron chi connectivity index (χ4n) is 1.96. The van der Waals surface area contributed by atoms with Crippen LogP contribution in [0, 0.1) is 13.8 Å². The van der Waals surface area contributed by atoms with Gasteiger partial charge < -0.3 is 5.32 Å². The predicted octanol–water partition coefficient (Wildman–Crippen LogP) is 3.36. The Morgan fingerprint density at radius 3 is 2.50 bits per heavy atom. The van der Waals surface area contributed by atoms with Crippen molar-refractivity contribution in [3.63, 3.8) is 0 Å². The van der Waals surface area contributed by atoms with Crippen molar-refractivity contribution in [1.82, 2.24) is 5.32 Å². The van der Waals surface area contributed by atoms with Crippen LogP contribution in [0.15, 0.2) is 18.2 Å². The zero-order valence-electron chi connectivity index (χ0n) is 9.72. The van der Waals surface area contributed by atoms with Gasteiger partial charge in [-0.15, -0.1) is 0 Å². The van der Waals surface area contributed by atoms with Crippen LogP contribution < -0.4 is 5.32 Å². The Kier molecular flexibility index (Phi) is 4.15. The van der Waals surface area contributed by atoms with Crippen LogP contribution in [0.3, 0.4) is 0 Å². The van der Waals surface area contributed by atoms with Crippen molar-refractivity contribution in [2.75, 3.05) is 7.05 Å². The first kappa shape index (κ1) is 11.3. The van der Waals surface area contributed by atoms with Gasteiger partial charge in [-0.05, 0) is 38.4 Å². The van der Waals surface area contributed by atoms with Crippen molar-refractivity contribution in [1.29, 1.82) is 0 Å². The maximum Gasteiger partial charge on any atom is 0.0320 e. The molecule has 1 unspecified atom stereocenters. The maximum atomic E-state index is 3.38. The molecule has 0 spiro atoms. The molecule has 1 aromatic rings. The molecule has 0 aliphatic rings. The second kappa shape index (κ2) is 5.16. The summed E-state index contributed by atoms with van der Waals surface area (Å²) in [5.41, 5.74) is 4.19. The molecule has 0 amide bonds. The van der Waals surface area contributed by atoms with Crippen molar-refractivity contribution in [3.8, 4) is 0 Å². The summed E-state index contributed by atoms with van der Waals surface area (Å²) in [6.07, 6.45) is 2.43. The molecule has 78 valence electrons. The van der Waals surface area contributed by atoms with E-state index in [4.69, 9.17) is 0 Å². The zero-order valence-corrected chi connectivity index (χ0v) is 9.72. The molecular weight excluding hydrogens is 170 g/mol. The number of hydrogen-bond acceptors (Lipinski definition) is 1. The molecule has 1 rings (SSSR count). The molecule has 0 fully saturated rings. The summed E-state index contributed by atoms with van der Waals surface area (Å²) in [5, 5.41) is 3.38. The summed E-state index contributed by atoms with van der Waals surface area (Å²) in [7, 11) is 2.04. The van der Waals surface area contributed by atoms with Crippen LogP contribution in [-0.4, -0.2) is 7.05 Å². The summed E-state index contributed by atoms with van der Waals surface area (Å²) in [6.45, 7) is 6.57. The summed E-state index contributed by atoms with van der Waals surface area (Å²) in [5.74, 6) is 0. The number of aryl methyl sites for hydroxylation is 2. The van der Waals surface area contributed by atoms with Gasteiger partial charge in [0.25, 0.3) is 0 Å². The molecule has 0 saturated heterocycles. The van der Waals surface area contributed by atoms with Gasteiger partial charge in [-0.2, -0.15) is 0 Å². The maximum absolute atomic E-state index is 3.38. The first-order valence-electron chi connectivity index (χ1n) is 5.43. The Morgan fingerprint density at radius 1 is 1.29 bits per heavy atom. The van der Waals surface area contributed by atoms with E-state index in [0.717, 1.165) is 0 Å². The van der Waals surface area contributed by atoms with Crippen molar-refractivity contribution in [2.24, 2.45) is 0 Å². The van der Waals surface area contributed by atoms with E-state index in [2.05, 4.69) is 44.3 Å². The van der Waals surface area contributed by atoms with Gasteiger partial charge in [-0.1, -0.05) is 37.1 Å². The summed E-state index contributed by atoms with van der Waals surface area (Å²) in [4.78, 5) is 0. The highest BCUT2D eigenvalue weighted by atomic mass is 14.9. The molecule has 0 saturated carbocycles. The summed E-state index contributed by atoms with van der Waals surface area (Å²) >= 11 is 0. The molecule has 0 aromatic heterocycles. The Balaban J connectivity index is 2.92. The van der Waals surface area contributed by atoms with E-state index in [0.29, 0.717) is 6.04 Å². The quantitative estimate of drug-likeness (QED) is 0.769. The lowest BCUT2D eigenvalue weighted by Gasteiger charge is -2.18. The third-order valence-corrected chi connectivity index (χ3v) is 2.73. The Morgan fingerprint density at radius 2 is 2.00 bits per heavy atom. The molecule has 1 heteroatoms. The summed E-state index contributed by atoms with van der Waals surface area (Å²) in [6, 6.07) is 7.22. The minimum Gasteiger partial charge on any atom is -0.313 e. The van der Waals surface area contributed by atoms with E-state index in [9.17, 15) is 0 Å². The molecule has 1 aromatic carbocycles. The monoisotopic (exact) mass is 191 g/mol. The Labute approximate surface area is 87.5 Å². The smallest absolute Gasteiger partial charge is 0.0320 e. The lowest BCUT2D eigenvalue weighted by Crippen LogP contribution is -2.17. The van der Waals surface area contributed by atoms with Crippen LogP contribution >= 0.6 is 0 Å². The molecule has 1 nitrogen and oxygen atoms in total. The third-order valence-electron chi connectivity index (χ3n) is 2.73. The third kappa shape index (κ3) is 2.58. The van der Waals surface area contributed by atoms with Gasteiger partial charge in [0.05, 0.1) is 0 Å². The van der Waals surface area contributed by atoms with Crippen LogP contribution in [0.5, 0.6) is 0 Å².